The number of sulfonamides is 1. The molecule has 1 aliphatic rings. The molecule has 138 valence electrons. The Morgan fingerprint density at radius 3 is 2.42 bits per heavy atom. The molecule has 1 unspecified atom stereocenters. The first kappa shape index (κ1) is 18.8. The van der Waals surface area contributed by atoms with Crippen LogP contribution in [-0.4, -0.2) is 41.4 Å². The van der Waals surface area contributed by atoms with Gasteiger partial charge in [0.2, 0.25) is 10.0 Å². The van der Waals surface area contributed by atoms with Crippen molar-refractivity contribution in [3.8, 4) is 0 Å². The summed E-state index contributed by atoms with van der Waals surface area (Å²) in [6, 6.07) is 9.43. The first-order valence-corrected chi connectivity index (χ1v) is 10.4. The zero-order chi connectivity index (χ0) is 18.6. The maximum absolute atomic E-state index is 12.9. The normalized spacial score (nSPS) is 18.4. The number of hydrogen-bond acceptors (Lipinski definition) is 6. The number of benzene rings is 1. The fourth-order valence-electron chi connectivity index (χ4n) is 2.89. The molecule has 1 atom stereocenters. The molecule has 1 fully saturated rings. The number of rotatable bonds is 5. The van der Waals surface area contributed by atoms with Gasteiger partial charge in [0.15, 0.2) is 0 Å². The zero-order valence-corrected chi connectivity index (χ0v) is 15.5. The van der Waals surface area contributed by atoms with Gasteiger partial charge in [-0.1, -0.05) is 18.2 Å². The van der Waals surface area contributed by atoms with E-state index in [1.807, 2.05) is 12.1 Å². The third-order valence-electron chi connectivity index (χ3n) is 4.18. The van der Waals surface area contributed by atoms with Crippen LogP contribution in [0, 0.1) is 0 Å². The number of carbonyl (C=O) groups is 1. The maximum Gasteiger partial charge on any atom is 0.261 e. The fraction of sp³-hybridized carbons (Fsp3) is 0.294. The summed E-state index contributed by atoms with van der Waals surface area (Å²) >= 11 is 1.51. The second kappa shape index (κ2) is 8.17. The summed E-state index contributed by atoms with van der Waals surface area (Å²) < 4.78 is 27.0. The van der Waals surface area contributed by atoms with E-state index in [9.17, 15) is 13.2 Å². The molecule has 2 heterocycles. The summed E-state index contributed by atoms with van der Waals surface area (Å²) in [7, 11) is -3.81. The number of hydroxylamine groups is 1. The van der Waals surface area contributed by atoms with Gasteiger partial charge in [-0.3, -0.25) is 15.0 Å². The topological polar surface area (TPSA) is 99.6 Å². The second-order valence-corrected chi connectivity index (χ2v) is 8.90. The van der Waals surface area contributed by atoms with Gasteiger partial charge in [-0.25, -0.2) is 13.9 Å². The minimum absolute atomic E-state index is 0.134. The molecule has 1 saturated heterocycles. The smallest absolute Gasteiger partial charge is 0.261 e. The van der Waals surface area contributed by atoms with Crippen LogP contribution in [0.15, 0.2) is 63.5 Å². The number of amides is 1. The lowest BCUT2D eigenvalue weighted by Crippen LogP contribution is -2.51. The van der Waals surface area contributed by atoms with Crippen molar-refractivity contribution in [2.24, 2.45) is 0 Å². The van der Waals surface area contributed by atoms with E-state index in [2.05, 4.69) is 4.98 Å². The van der Waals surface area contributed by atoms with Crippen LogP contribution in [0.1, 0.15) is 19.3 Å². The molecule has 0 spiro atoms. The third-order valence-corrected chi connectivity index (χ3v) is 7.12. The van der Waals surface area contributed by atoms with Gasteiger partial charge in [0, 0.05) is 28.7 Å². The first-order valence-electron chi connectivity index (χ1n) is 8.16. The van der Waals surface area contributed by atoms with Gasteiger partial charge in [0.1, 0.15) is 6.04 Å². The molecule has 7 nitrogen and oxygen atoms in total. The highest BCUT2D eigenvalue weighted by molar-refractivity contribution is 7.99. The Kier molecular flexibility index (Phi) is 5.92. The molecule has 1 amide bonds. The molecule has 0 saturated carbocycles. The van der Waals surface area contributed by atoms with Gasteiger partial charge in [-0.2, -0.15) is 4.31 Å². The summed E-state index contributed by atoms with van der Waals surface area (Å²) in [6.45, 7) is 0.258. The Morgan fingerprint density at radius 1 is 1.12 bits per heavy atom. The lowest BCUT2D eigenvalue weighted by atomic mass is 10.0. The van der Waals surface area contributed by atoms with Crippen molar-refractivity contribution >= 4 is 27.7 Å². The molecule has 2 N–H and O–H groups in total. The van der Waals surface area contributed by atoms with Crippen molar-refractivity contribution in [1.82, 2.24) is 14.8 Å². The van der Waals surface area contributed by atoms with Crippen molar-refractivity contribution in [3.63, 3.8) is 0 Å². The highest BCUT2D eigenvalue weighted by atomic mass is 32.2. The summed E-state index contributed by atoms with van der Waals surface area (Å²) in [4.78, 5) is 17.8. The second-order valence-electron chi connectivity index (χ2n) is 5.86. The number of aromatic nitrogens is 1. The molecule has 2 aromatic rings. The third kappa shape index (κ3) is 4.07. The molecule has 26 heavy (non-hydrogen) atoms. The van der Waals surface area contributed by atoms with Crippen LogP contribution in [-0.2, 0) is 14.8 Å². The van der Waals surface area contributed by atoms with Crippen LogP contribution < -0.4 is 5.48 Å². The Bertz CT molecular complexity index is 857. The SMILES string of the molecule is O=C(NO)C1CCCCN1S(=O)(=O)c1ccc(Sc2ccncc2)cc1. The molecule has 0 radical (unpaired) electrons. The van der Waals surface area contributed by atoms with Crippen LogP contribution in [0.25, 0.3) is 0 Å². The van der Waals surface area contributed by atoms with Gasteiger partial charge in [-0.05, 0) is 49.2 Å². The molecular weight excluding hydrogens is 374 g/mol. The number of nitrogens with zero attached hydrogens (tertiary/aromatic N) is 2. The van der Waals surface area contributed by atoms with E-state index in [1.165, 1.54) is 16.1 Å². The summed E-state index contributed by atoms with van der Waals surface area (Å²) in [6.07, 6.45) is 5.21. The minimum atomic E-state index is -3.81. The Morgan fingerprint density at radius 2 is 1.77 bits per heavy atom. The average molecular weight is 393 g/mol. The highest BCUT2D eigenvalue weighted by Crippen LogP contribution is 2.30. The largest absolute Gasteiger partial charge is 0.289 e. The monoisotopic (exact) mass is 393 g/mol. The highest BCUT2D eigenvalue weighted by Gasteiger charge is 2.37. The summed E-state index contributed by atoms with van der Waals surface area (Å²) in [5, 5.41) is 8.89. The zero-order valence-electron chi connectivity index (χ0n) is 13.9. The van der Waals surface area contributed by atoms with Gasteiger partial charge in [0.05, 0.1) is 4.90 Å². The maximum atomic E-state index is 12.9. The van der Waals surface area contributed by atoms with E-state index in [4.69, 9.17) is 5.21 Å². The van der Waals surface area contributed by atoms with Gasteiger partial charge >= 0.3 is 0 Å². The predicted molar refractivity (Wildman–Crippen MR) is 96.3 cm³/mol. The van der Waals surface area contributed by atoms with Crippen molar-refractivity contribution in [2.75, 3.05) is 6.54 Å². The molecule has 0 bridgehead atoms. The number of pyridine rings is 1. The van der Waals surface area contributed by atoms with Crippen molar-refractivity contribution in [1.29, 1.82) is 0 Å². The van der Waals surface area contributed by atoms with E-state index in [1.54, 1.807) is 42.1 Å². The van der Waals surface area contributed by atoms with E-state index >= 15 is 0 Å². The molecule has 3 rings (SSSR count). The van der Waals surface area contributed by atoms with E-state index in [0.717, 1.165) is 16.2 Å². The molecule has 1 aromatic carbocycles. The van der Waals surface area contributed by atoms with E-state index < -0.39 is 22.0 Å². The predicted octanol–water partition coefficient (Wildman–Crippen LogP) is 2.28. The number of carbonyl (C=O) groups excluding carboxylic acids is 1. The van der Waals surface area contributed by atoms with Crippen LogP contribution in [0.5, 0.6) is 0 Å². The number of hydrogen-bond donors (Lipinski definition) is 2. The Labute approximate surface area is 156 Å². The molecule has 0 aliphatic carbocycles. The summed E-state index contributed by atoms with van der Waals surface area (Å²) in [5.41, 5.74) is 1.57. The standard InChI is InChI=1S/C17H19N3O4S2/c21-17(19-22)16-3-1-2-12-20(16)26(23,24)15-6-4-13(5-7-15)25-14-8-10-18-11-9-14/h4-11,16,22H,1-3,12H2,(H,19,21). The molecule has 1 aliphatic heterocycles. The van der Waals surface area contributed by atoms with E-state index in [0.29, 0.717) is 12.8 Å². The lowest BCUT2D eigenvalue weighted by molar-refractivity contribution is -0.134. The van der Waals surface area contributed by atoms with Gasteiger partial charge in [0.25, 0.3) is 5.91 Å². The van der Waals surface area contributed by atoms with Crippen molar-refractivity contribution < 1.29 is 18.4 Å². The molecular formula is C17H19N3O4S2. The number of piperidine rings is 1. The lowest BCUT2D eigenvalue weighted by Gasteiger charge is -2.33. The Hall–Kier alpha value is -1.94. The van der Waals surface area contributed by atoms with Crippen LogP contribution >= 0.6 is 11.8 Å². The van der Waals surface area contributed by atoms with Crippen LogP contribution in [0.3, 0.4) is 0 Å². The number of nitrogens with one attached hydrogen (secondary N) is 1. The first-order chi connectivity index (χ1) is 12.5. The summed E-state index contributed by atoms with van der Waals surface area (Å²) in [5.74, 6) is -0.696. The van der Waals surface area contributed by atoms with Crippen molar-refractivity contribution in [2.45, 2.75) is 40.0 Å². The van der Waals surface area contributed by atoms with E-state index in [-0.39, 0.29) is 11.4 Å². The average Bonchev–Trinajstić information content (AvgIpc) is 2.68. The fourth-order valence-corrected chi connectivity index (χ4v) is 5.35. The molecule has 9 heteroatoms. The van der Waals surface area contributed by atoms with Crippen LogP contribution in [0.4, 0.5) is 0 Å². The quantitative estimate of drug-likeness (QED) is 0.597. The van der Waals surface area contributed by atoms with Crippen LogP contribution in [0.2, 0.25) is 0 Å². The van der Waals surface area contributed by atoms with Gasteiger partial charge < -0.3 is 0 Å². The van der Waals surface area contributed by atoms with Gasteiger partial charge in [-0.15, -0.1) is 0 Å². The molecule has 1 aromatic heterocycles. The minimum Gasteiger partial charge on any atom is -0.289 e. The Balaban J connectivity index is 1.81. The van der Waals surface area contributed by atoms with Crippen molar-refractivity contribution in [3.05, 3.63) is 48.8 Å².